The van der Waals surface area contributed by atoms with Crippen LogP contribution in [0.25, 0.3) is 17.1 Å². The third-order valence-corrected chi connectivity index (χ3v) is 5.06. The number of ether oxygens (including phenoxy) is 1. The number of rotatable bonds is 8. The number of benzene rings is 2. The van der Waals surface area contributed by atoms with Crippen LogP contribution in [-0.4, -0.2) is 45.8 Å². The van der Waals surface area contributed by atoms with Gasteiger partial charge in [-0.25, -0.2) is 0 Å². The molecule has 164 valence electrons. The van der Waals surface area contributed by atoms with E-state index in [-0.39, 0.29) is 5.75 Å². The number of amides is 1. The van der Waals surface area contributed by atoms with E-state index in [0.717, 1.165) is 28.6 Å². The molecular weight excluding hydrogens is 429 g/mol. The van der Waals surface area contributed by atoms with Gasteiger partial charge in [0, 0.05) is 11.3 Å². The average Bonchev–Trinajstić information content (AvgIpc) is 3.15. The molecular formula is C21H21F3N4O2S. The van der Waals surface area contributed by atoms with E-state index < -0.39 is 18.6 Å². The summed E-state index contributed by atoms with van der Waals surface area (Å²) in [6.07, 6.45) is -4.46. The third kappa shape index (κ3) is 6.24. The lowest BCUT2D eigenvalue weighted by atomic mass is 10.1. The minimum atomic E-state index is -4.46. The SMILES string of the molecule is CCOc1ccc(-n2c(SCC(=O)NCC(F)(F)F)nnc2-c2cccc(C)c2)cc1. The van der Waals surface area contributed by atoms with Crippen LogP contribution < -0.4 is 10.1 Å². The topological polar surface area (TPSA) is 69.0 Å². The Balaban J connectivity index is 1.89. The summed E-state index contributed by atoms with van der Waals surface area (Å²) in [6, 6.07) is 15.0. The second-order valence-electron chi connectivity index (χ2n) is 6.62. The van der Waals surface area contributed by atoms with E-state index in [1.165, 1.54) is 0 Å². The van der Waals surface area contributed by atoms with E-state index in [1.807, 2.05) is 67.7 Å². The van der Waals surface area contributed by atoms with Crippen molar-refractivity contribution in [2.24, 2.45) is 0 Å². The van der Waals surface area contributed by atoms with Crippen LogP contribution in [-0.2, 0) is 4.79 Å². The lowest BCUT2D eigenvalue weighted by Crippen LogP contribution is -2.34. The Hall–Kier alpha value is -3.01. The molecule has 0 saturated heterocycles. The first-order valence-corrected chi connectivity index (χ1v) is 10.5. The molecule has 3 rings (SSSR count). The Labute approximate surface area is 181 Å². The van der Waals surface area contributed by atoms with Crippen LogP contribution in [0.1, 0.15) is 12.5 Å². The summed E-state index contributed by atoms with van der Waals surface area (Å²) in [5.74, 6) is 0.308. The van der Waals surface area contributed by atoms with Crippen molar-refractivity contribution in [1.29, 1.82) is 0 Å². The number of alkyl halides is 3. The molecule has 6 nitrogen and oxygen atoms in total. The number of aromatic nitrogens is 3. The number of hydrogen-bond acceptors (Lipinski definition) is 5. The van der Waals surface area contributed by atoms with Gasteiger partial charge in [-0.3, -0.25) is 9.36 Å². The maximum atomic E-state index is 12.3. The Kier molecular flexibility index (Phi) is 7.21. The number of carbonyl (C=O) groups excluding carboxylic acids is 1. The van der Waals surface area contributed by atoms with Gasteiger partial charge in [-0.1, -0.05) is 35.5 Å². The van der Waals surface area contributed by atoms with Gasteiger partial charge >= 0.3 is 6.18 Å². The number of carbonyl (C=O) groups is 1. The highest BCUT2D eigenvalue weighted by Gasteiger charge is 2.27. The van der Waals surface area contributed by atoms with E-state index >= 15 is 0 Å². The predicted octanol–water partition coefficient (Wildman–Crippen LogP) is 4.41. The first-order chi connectivity index (χ1) is 14.8. The van der Waals surface area contributed by atoms with Gasteiger partial charge in [0.1, 0.15) is 12.3 Å². The van der Waals surface area contributed by atoms with Gasteiger partial charge in [-0.05, 0) is 44.2 Å². The van der Waals surface area contributed by atoms with Gasteiger partial charge in [0.05, 0.1) is 12.4 Å². The summed E-state index contributed by atoms with van der Waals surface area (Å²) < 4.78 is 44.2. The minimum absolute atomic E-state index is 0.223. The number of halogens is 3. The number of hydrogen-bond donors (Lipinski definition) is 1. The average molecular weight is 450 g/mol. The lowest BCUT2D eigenvalue weighted by molar-refractivity contribution is -0.136. The molecule has 0 atom stereocenters. The van der Waals surface area contributed by atoms with Crippen molar-refractivity contribution in [1.82, 2.24) is 20.1 Å². The first-order valence-electron chi connectivity index (χ1n) is 9.49. The second-order valence-corrected chi connectivity index (χ2v) is 7.56. The van der Waals surface area contributed by atoms with E-state index in [2.05, 4.69) is 10.2 Å². The van der Waals surface area contributed by atoms with Crippen LogP contribution in [0.2, 0.25) is 0 Å². The minimum Gasteiger partial charge on any atom is -0.494 e. The van der Waals surface area contributed by atoms with E-state index in [4.69, 9.17) is 4.74 Å². The maximum absolute atomic E-state index is 12.3. The summed E-state index contributed by atoms with van der Waals surface area (Å²) >= 11 is 1.01. The highest BCUT2D eigenvalue weighted by Crippen LogP contribution is 2.29. The molecule has 10 heteroatoms. The van der Waals surface area contributed by atoms with Gasteiger partial charge < -0.3 is 10.1 Å². The Morgan fingerprint density at radius 1 is 1.16 bits per heavy atom. The number of nitrogens with one attached hydrogen (secondary N) is 1. The van der Waals surface area contributed by atoms with Crippen LogP contribution in [0.15, 0.2) is 53.7 Å². The molecule has 0 aliphatic rings. The summed E-state index contributed by atoms with van der Waals surface area (Å²) in [5.41, 5.74) is 2.61. The molecule has 0 spiro atoms. The molecule has 1 aromatic heterocycles. The Morgan fingerprint density at radius 3 is 2.55 bits per heavy atom. The van der Waals surface area contributed by atoms with Crippen LogP contribution in [0, 0.1) is 6.92 Å². The fraction of sp³-hybridized carbons (Fsp3) is 0.286. The molecule has 0 radical (unpaired) electrons. The molecule has 2 aromatic carbocycles. The van der Waals surface area contributed by atoms with Gasteiger partial charge in [0.2, 0.25) is 5.91 Å². The second kappa shape index (κ2) is 9.86. The zero-order valence-electron chi connectivity index (χ0n) is 16.9. The van der Waals surface area contributed by atoms with Crippen molar-refractivity contribution >= 4 is 17.7 Å². The molecule has 1 heterocycles. The number of aryl methyl sites for hydroxylation is 1. The van der Waals surface area contributed by atoms with Crippen LogP contribution in [0.4, 0.5) is 13.2 Å². The van der Waals surface area contributed by atoms with Gasteiger partial charge in [0.25, 0.3) is 0 Å². The van der Waals surface area contributed by atoms with Crippen molar-refractivity contribution in [3.05, 3.63) is 54.1 Å². The summed E-state index contributed by atoms with van der Waals surface area (Å²) in [4.78, 5) is 11.8. The van der Waals surface area contributed by atoms with Crippen LogP contribution in [0.3, 0.4) is 0 Å². The summed E-state index contributed by atoms with van der Waals surface area (Å²) in [7, 11) is 0. The molecule has 0 unspecified atom stereocenters. The quantitative estimate of drug-likeness (QED) is 0.515. The van der Waals surface area contributed by atoms with Gasteiger partial charge in [-0.15, -0.1) is 10.2 Å². The normalized spacial score (nSPS) is 11.4. The maximum Gasteiger partial charge on any atom is 0.405 e. The largest absolute Gasteiger partial charge is 0.494 e. The van der Waals surface area contributed by atoms with Crippen molar-refractivity contribution in [2.45, 2.75) is 25.2 Å². The zero-order valence-corrected chi connectivity index (χ0v) is 17.8. The van der Waals surface area contributed by atoms with Gasteiger partial charge in [0.15, 0.2) is 11.0 Å². The molecule has 31 heavy (non-hydrogen) atoms. The van der Waals surface area contributed by atoms with E-state index in [1.54, 1.807) is 4.57 Å². The smallest absolute Gasteiger partial charge is 0.405 e. The molecule has 0 aliphatic heterocycles. The molecule has 0 fully saturated rings. The zero-order chi connectivity index (χ0) is 22.4. The van der Waals surface area contributed by atoms with E-state index in [0.29, 0.717) is 23.3 Å². The molecule has 1 amide bonds. The standard InChI is InChI=1S/C21H21F3N4O2S/c1-3-30-17-9-7-16(8-10-17)28-19(15-6-4-5-14(2)11-15)26-27-20(28)31-12-18(29)25-13-21(22,23)24/h4-11H,3,12-13H2,1-2H3,(H,25,29). The first kappa shape index (κ1) is 22.7. The monoisotopic (exact) mass is 450 g/mol. The number of nitrogens with zero attached hydrogens (tertiary/aromatic N) is 3. The van der Waals surface area contributed by atoms with Crippen molar-refractivity contribution in [2.75, 3.05) is 18.9 Å². The van der Waals surface area contributed by atoms with E-state index in [9.17, 15) is 18.0 Å². The fourth-order valence-electron chi connectivity index (χ4n) is 2.81. The highest BCUT2D eigenvalue weighted by atomic mass is 32.2. The van der Waals surface area contributed by atoms with Crippen LogP contribution >= 0.6 is 11.8 Å². The summed E-state index contributed by atoms with van der Waals surface area (Å²) in [6.45, 7) is 3.02. The van der Waals surface area contributed by atoms with Crippen molar-refractivity contribution in [3.63, 3.8) is 0 Å². The van der Waals surface area contributed by atoms with Crippen molar-refractivity contribution < 1.29 is 22.7 Å². The molecule has 0 bridgehead atoms. The molecule has 0 aliphatic carbocycles. The van der Waals surface area contributed by atoms with Crippen LogP contribution in [0.5, 0.6) is 5.75 Å². The van der Waals surface area contributed by atoms with Crippen molar-refractivity contribution in [3.8, 4) is 22.8 Å². The highest BCUT2D eigenvalue weighted by molar-refractivity contribution is 7.99. The third-order valence-electron chi connectivity index (χ3n) is 4.13. The molecule has 3 aromatic rings. The Morgan fingerprint density at radius 2 is 1.90 bits per heavy atom. The summed E-state index contributed by atoms with van der Waals surface area (Å²) in [5, 5.41) is 10.7. The fourth-order valence-corrected chi connectivity index (χ4v) is 3.59. The molecule has 0 saturated carbocycles. The Bertz CT molecular complexity index is 1040. The molecule has 1 N–H and O–H groups in total. The number of thioether (sulfide) groups is 1. The lowest BCUT2D eigenvalue weighted by Gasteiger charge is -2.12. The van der Waals surface area contributed by atoms with Gasteiger partial charge in [-0.2, -0.15) is 13.2 Å². The predicted molar refractivity (Wildman–Crippen MR) is 112 cm³/mol.